The summed E-state index contributed by atoms with van der Waals surface area (Å²) in [5.74, 6) is 0. The number of nitrogens with one attached hydrogen (secondary N) is 1. The minimum absolute atomic E-state index is 0.344. The fraction of sp³-hybridized carbons (Fsp3) is 0.889. The molecule has 0 amide bonds. The van der Waals surface area contributed by atoms with E-state index in [1.54, 1.807) is 0 Å². The lowest BCUT2D eigenvalue weighted by atomic mass is 10.0. The van der Waals surface area contributed by atoms with E-state index in [1.807, 2.05) is 0 Å². The molecular weight excluding hydrogens is 136 g/mol. The molecule has 1 aliphatic carbocycles. The Morgan fingerprint density at radius 2 is 2.09 bits per heavy atom. The summed E-state index contributed by atoms with van der Waals surface area (Å²) in [6.45, 7) is 3.12. The van der Waals surface area contributed by atoms with Crippen molar-refractivity contribution in [2.75, 3.05) is 6.54 Å². The van der Waals surface area contributed by atoms with E-state index in [1.165, 1.54) is 25.7 Å². The van der Waals surface area contributed by atoms with Crippen molar-refractivity contribution in [3.63, 3.8) is 0 Å². The smallest absolute Gasteiger partial charge is 0.0635 e. The Morgan fingerprint density at radius 3 is 2.64 bits per heavy atom. The normalized spacial score (nSPS) is 21.5. The summed E-state index contributed by atoms with van der Waals surface area (Å²) in [5, 5.41) is 11.8. The standard InChI is InChI=1S/C9H16N2/c1-9(5-2-3-6-9)11-8-4-7-10/h11H,2-6,8H2,1H3. The Balaban J connectivity index is 2.19. The Labute approximate surface area is 68.6 Å². The van der Waals surface area contributed by atoms with E-state index >= 15 is 0 Å². The van der Waals surface area contributed by atoms with Gasteiger partial charge in [-0.1, -0.05) is 12.8 Å². The Hall–Kier alpha value is -0.550. The fourth-order valence-electron chi connectivity index (χ4n) is 1.75. The summed E-state index contributed by atoms with van der Waals surface area (Å²) in [6, 6.07) is 2.15. The van der Waals surface area contributed by atoms with E-state index in [0.717, 1.165) is 6.54 Å². The van der Waals surface area contributed by atoms with Gasteiger partial charge in [0.25, 0.3) is 0 Å². The zero-order valence-corrected chi connectivity index (χ0v) is 7.19. The molecule has 2 nitrogen and oxygen atoms in total. The average molecular weight is 152 g/mol. The van der Waals surface area contributed by atoms with E-state index in [4.69, 9.17) is 5.26 Å². The van der Waals surface area contributed by atoms with Crippen LogP contribution in [0.4, 0.5) is 0 Å². The van der Waals surface area contributed by atoms with Crippen molar-refractivity contribution in [1.82, 2.24) is 5.32 Å². The van der Waals surface area contributed by atoms with Crippen LogP contribution in [0.2, 0.25) is 0 Å². The Kier molecular flexibility index (Phi) is 2.90. The maximum atomic E-state index is 8.33. The van der Waals surface area contributed by atoms with Gasteiger partial charge >= 0.3 is 0 Å². The zero-order chi connectivity index (χ0) is 8.16. The van der Waals surface area contributed by atoms with Gasteiger partial charge in [-0.3, -0.25) is 0 Å². The molecule has 1 rings (SSSR count). The lowest BCUT2D eigenvalue weighted by molar-refractivity contribution is 0.369. The van der Waals surface area contributed by atoms with E-state index in [0.29, 0.717) is 12.0 Å². The first-order valence-corrected chi connectivity index (χ1v) is 4.39. The van der Waals surface area contributed by atoms with Crippen molar-refractivity contribution >= 4 is 0 Å². The first kappa shape index (κ1) is 8.55. The van der Waals surface area contributed by atoms with Gasteiger partial charge < -0.3 is 5.32 Å². The summed E-state index contributed by atoms with van der Waals surface area (Å²) < 4.78 is 0. The van der Waals surface area contributed by atoms with Crippen LogP contribution in [-0.4, -0.2) is 12.1 Å². The fourth-order valence-corrected chi connectivity index (χ4v) is 1.75. The topological polar surface area (TPSA) is 35.8 Å². The molecular formula is C9H16N2. The summed E-state index contributed by atoms with van der Waals surface area (Å²) in [5.41, 5.74) is 0.344. The highest BCUT2D eigenvalue weighted by molar-refractivity contribution is 4.88. The molecule has 0 aromatic carbocycles. The van der Waals surface area contributed by atoms with Gasteiger partial charge in [-0.25, -0.2) is 0 Å². The first-order chi connectivity index (χ1) is 5.27. The van der Waals surface area contributed by atoms with Crippen LogP contribution in [0.5, 0.6) is 0 Å². The second-order valence-electron chi connectivity index (χ2n) is 3.60. The number of nitrogens with zero attached hydrogens (tertiary/aromatic N) is 1. The highest BCUT2D eigenvalue weighted by Gasteiger charge is 2.26. The van der Waals surface area contributed by atoms with Crippen molar-refractivity contribution < 1.29 is 0 Å². The van der Waals surface area contributed by atoms with Crippen molar-refractivity contribution in [2.45, 2.75) is 44.6 Å². The van der Waals surface area contributed by atoms with Gasteiger partial charge in [-0.05, 0) is 19.8 Å². The highest BCUT2D eigenvalue weighted by Crippen LogP contribution is 2.28. The van der Waals surface area contributed by atoms with Crippen LogP contribution in [-0.2, 0) is 0 Å². The minimum atomic E-state index is 0.344. The molecule has 0 atom stereocenters. The van der Waals surface area contributed by atoms with E-state index in [2.05, 4.69) is 18.3 Å². The third-order valence-corrected chi connectivity index (χ3v) is 2.50. The van der Waals surface area contributed by atoms with Crippen molar-refractivity contribution in [3.05, 3.63) is 0 Å². The van der Waals surface area contributed by atoms with Gasteiger partial charge in [0.15, 0.2) is 0 Å². The predicted molar refractivity (Wildman–Crippen MR) is 45.1 cm³/mol. The summed E-state index contributed by atoms with van der Waals surface area (Å²) in [7, 11) is 0. The molecule has 1 saturated carbocycles. The van der Waals surface area contributed by atoms with Crippen molar-refractivity contribution in [3.8, 4) is 6.07 Å². The summed E-state index contributed by atoms with van der Waals surface area (Å²) in [4.78, 5) is 0. The maximum absolute atomic E-state index is 8.33. The largest absolute Gasteiger partial charge is 0.310 e. The van der Waals surface area contributed by atoms with E-state index in [9.17, 15) is 0 Å². The van der Waals surface area contributed by atoms with Gasteiger partial charge in [-0.2, -0.15) is 5.26 Å². The van der Waals surface area contributed by atoms with Crippen LogP contribution >= 0.6 is 0 Å². The monoisotopic (exact) mass is 152 g/mol. The van der Waals surface area contributed by atoms with Crippen LogP contribution in [0.15, 0.2) is 0 Å². The molecule has 0 heterocycles. The Morgan fingerprint density at radius 1 is 1.45 bits per heavy atom. The number of rotatable bonds is 3. The third kappa shape index (κ3) is 2.51. The molecule has 0 saturated heterocycles. The highest BCUT2D eigenvalue weighted by atomic mass is 15.0. The molecule has 1 fully saturated rings. The average Bonchev–Trinajstić information content (AvgIpc) is 2.38. The SMILES string of the molecule is CC1(NCCC#N)CCCC1. The maximum Gasteiger partial charge on any atom is 0.0635 e. The summed E-state index contributed by atoms with van der Waals surface area (Å²) >= 11 is 0. The van der Waals surface area contributed by atoms with Crippen LogP contribution < -0.4 is 5.32 Å². The first-order valence-electron chi connectivity index (χ1n) is 4.39. The van der Waals surface area contributed by atoms with Crippen LogP contribution in [0, 0.1) is 11.3 Å². The van der Waals surface area contributed by atoms with Crippen LogP contribution in [0.25, 0.3) is 0 Å². The van der Waals surface area contributed by atoms with Gasteiger partial charge in [0.05, 0.1) is 6.07 Å². The second kappa shape index (κ2) is 3.73. The second-order valence-corrected chi connectivity index (χ2v) is 3.60. The third-order valence-electron chi connectivity index (χ3n) is 2.50. The van der Waals surface area contributed by atoms with Crippen molar-refractivity contribution in [1.29, 1.82) is 5.26 Å². The molecule has 0 aromatic rings. The molecule has 0 spiro atoms. The number of hydrogen-bond acceptors (Lipinski definition) is 2. The molecule has 0 radical (unpaired) electrons. The lowest BCUT2D eigenvalue weighted by Crippen LogP contribution is -2.39. The van der Waals surface area contributed by atoms with E-state index < -0.39 is 0 Å². The molecule has 0 aliphatic heterocycles. The van der Waals surface area contributed by atoms with Crippen LogP contribution in [0.3, 0.4) is 0 Å². The molecule has 2 heteroatoms. The van der Waals surface area contributed by atoms with Gasteiger partial charge in [0.2, 0.25) is 0 Å². The molecule has 0 unspecified atom stereocenters. The molecule has 11 heavy (non-hydrogen) atoms. The van der Waals surface area contributed by atoms with Gasteiger partial charge in [0, 0.05) is 18.5 Å². The summed E-state index contributed by atoms with van der Waals surface area (Å²) in [6.07, 6.45) is 5.87. The minimum Gasteiger partial charge on any atom is -0.310 e. The molecule has 62 valence electrons. The van der Waals surface area contributed by atoms with Crippen LogP contribution in [0.1, 0.15) is 39.0 Å². The zero-order valence-electron chi connectivity index (χ0n) is 7.19. The van der Waals surface area contributed by atoms with Gasteiger partial charge in [0.1, 0.15) is 0 Å². The number of nitriles is 1. The van der Waals surface area contributed by atoms with Crippen molar-refractivity contribution in [2.24, 2.45) is 0 Å². The molecule has 1 N–H and O–H groups in total. The molecule has 0 aromatic heterocycles. The Bertz CT molecular complexity index is 151. The molecule has 1 aliphatic rings. The van der Waals surface area contributed by atoms with E-state index in [-0.39, 0.29) is 0 Å². The predicted octanol–water partition coefficient (Wildman–Crippen LogP) is 1.82. The molecule has 0 bridgehead atoms. The quantitative estimate of drug-likeness (QED) is 0.626. The lowest BCUT2D eigenvalue weighted by Gasteiger charge is -2.24. The number of hydrogen-bond donors (Lipinski definition) is 1. The van der Waals surface area contributed by atoms with Gasteiger partial charge in [-0.15, -0.1) is 0 Å².